The van der Waals surface area contributed by atoms with Gasteiger partial charge in [0.1, 0.15) is 11.9 Å². The Balaban J connectivity index is 2.07. The summed E-state index contributed by atoms with van der Waals surface area (Å²) in [5.41, 5.74) is 3.37. The number of nitrogens with zero attached hydrogens (tertiary/aromatic N) is 1. The Hall–Kier alpha value is -2.94. The lowest BCUT2D eigenvalue weighted by molar-refractivity contribution is -0.123. The third-order valence-electron chi connectivity index (χ3n) is 4.27. The van der Waals surface area contributed by atoms with Gasteiger partial charge in [0.05, 0.1) is 24.4 Å². The van der Waals surface area contributed by atoms with Crippen molar-refractivity contribution in [3.8, 4) is 11.5 Å². The molecule has 2 amide bonds. The number of hydrazone groups is 1. The van der Waals surface area contributed by atoms with Crippen molar-refractivity contribution in [2.75, 3.05) is 13.7 Å². The van der Waals surface area contributed by atoms with E-state index < -0.39 is 23.7 Å². The Morgan fingerprint density at radius 2 is 1.90 bits per heavy atom. The zero-order chi connectivity index (χ0) is 23.0. The molecule has 9 heteroatoms. The number of hydrogen-bond acceptors (Lipinski definition) is 5. The maximum absolute atomic E-state index is 13.1. The van der Waals surface area contributed by atoms with E-state index >= 15 is 0 Å². The van der Waals surface area contributed by atoms with Crippen LogP contribution in [0.2, 0.25) is 0 Å². The molecule has 0 radical (unpaired) electrons. The van der Waals surface area contributed by atoms with Crippen LogP contribution in [0.5, 0.6) is 11.5 Å². The maximum atomic E-state index is 13.1. The number of carbonyl (C=O) groups is 2. The molecule has 0 saturated heterocycles. The lowest BCUT2D eigenvalue weighted by atomic mass is 10.0. The molecule has 0 saturated carbocycles. The first-order valence-electron chi connectivity index (χ1n) is 9.66. The Morgan fingerprint density at radius 3 is 2.48 bits per heavy atom. The highest BCUT2D eigenvalue weighted by molar-refractivity contribution is 9.10. The van der Waals surface area contributed by atoms with Gasteiger partial charge in [-0.2, -0.15) is 5.10 Å². The average molecular weight is 494 g/mol. The van der Waals surface area contributed by atoms with Crippen molar-refractivity contribution in [1.29, 1.82) is 0 Å². The maximum Gasteiger partial charge on any atom is 0.262 e. The number of rotatable bonds is 9. The second kappa shape index (κ2) is 11.5. The van der Waals surface area contributed by atoms with Gasteiger partial charge in [-0.15, -0.1) is 0 Å². The topological polar surface area (TPSA) is 89.0 Å². The number of halogens is 2. The van der Waals surface area contributed by atoms with Crippen LogP contribution in [0.4, 0.5) is 4.39 Å². The smallest absolute Gasteiger partial charge is 0.262 e. The molecule has 0 aliphatic heterocycles. The minimum atomic E-state index is -0.823. The summed E-state index contributed by atoms with van der Waals surface area (Å²) in [6, 6.07) is 7.77. The molecule has 2 N–H and O–H groups in total. The molecule has 7 nitrogen and oxygen atoms in total. The third kappa shape index (κ3) is 6.78. The number of methoxy groups -OCH3 is 1. The molecule has 166 valence electrons. The van der Waals surface area contributed by atoms with Gasteiger partial charge in [0.25, 0.3) is 11.8 Å². The second-order valence-corrected chi connectivity index (χ2v) is 7.76. The van der Waals surface area contributed by atoms with Crippen molar-refractivity contribution in [2.24, 2.45) is 11.0 Å². The number of amides is 2. The molecule has 0 heterocycles. The summed E-state index contributed by atoms with van der Waals surface area (Å²) < 4.78 is 24.6. The highest BCUT2D eigenvalue weighted by Crippen LogP contribution is 2.36. The van der Waals surface area contributed by atoms with Crippen LogP contribution in [0.3, 0.4) is 0 Å². The van der Waals surface area contributed by atoms with E-state index in [0.717, 1.165) is 0 Å². The van der Waals surface area contributed by atoms with Crippen molar-refractivity contribution in [3.05, 3.63) is 57.8 Å². The van der Waals surface area contributed by atoms with Crippen LogP contribution in [0.15, 0.2) is 46.0 Å². The minimum absolute atomic E-state index is 0.195. The van der Waals surface area contributed by atoms with Gasteiger partial charge in [-0.1, -0.05) is 13.8 Å². The number of ether oxygens (including phenoxy) is 2. The monoisotopic (exact) mass is 493 g/mol. The standard InChI is InChI=1S/C22H25BrFN3O4/c1-5-31-20-17(23)10-14(11-18(20)30-4)12-25-27-22(29)19(13(2)3)26-21(28)15-6-8-16(24)9-7-15/h6-13,19H,5H2,1-4H3,(H,26,28)(H,27,29). The summed E-state index contributed by atoms with van der Waals surface area (Å²) in [7, 11) is 1.53. The fraction of sp³-hybridized carbons (Fsp3) is 0.318. The van der Waals surface area contributed by atoms with E-state index in [1.54, 1.807) is 26.0 Å². The first-order valence-corrected chi connectivity index (χ1v) is 10.5. The van der Waals surface area contributed by atoms with E-state index in [2.05, 4.69) is 31.8 Å². The molecule has 2 rings (SSSR count). The minimum Gasteiger partial charge on any atom is -0.493 e. The Morgan fingerprint density at radius 1 is 1.23 bits per heavy atom. The average Bonchev–Trinajstić information content (AvgIpc) is 2.73. The van der Waals surface area contributed by atoms with Crippen LogP contribution < -0.4 is 20.2 Å². The van der Waals surface area contributed by atoms with E-state index in [9.17, 15) is 14.0 Å². The van der Waals surface area contributed by atoms with Crippen LogP contribution in [0, 0.1) is 11.7 Å². The van der Waals surface area contributed by atoms with E-state index in [0.29, 0.717) is 28.1 Å². The molecule has 31 heavy (non-hydrogen) atoms. The first-order chi connectivity index (χ1) is 14.8. The fourth-order valence-corrected chi connectivity index (χ4v) is 3.27. The largest absolute Gasteiger partial charge is 0.493 e. The molecule has 1 unspecified atom stereocenters. The van der Waals surface area contributed by atoms with Gasteiger partial charge in [-0.05, 0) is 70.7 Å². The van der Waals surface area contributed by atoms with Crippen LogP contribution in [0.25, 0.3) is 0 Å². The number of benzene rings is 2. The first kappa shape index (κ1) is 24.3. The zero-order valence-electron chi connectivity index (χ0n) is 17.7. The Labute approximate surface area is 189 Å². The number of hydrogen-bond donors (Lipinski definition) is 2. The summed E-state index contributed by atoms with van der Waals surface area (Å²) >= 11 is 3.43. The normalized spacial score (nSPS) is 12.0. The van der Waals surface area contributed by atoms with E-state index in [1.165, 1.54) is 37.6 Å². The molecule has 0 fully saturated rings. The third-order valence-corrected chi connectivity index (χ3v) is 4.86. The summed E-state index contributed by atoms with van der Waals surface area (Å²) in [5.74, 6) is -0.484. The molecule has 0 aliphatic carbocycles. The summed E-state index contributed by atoms with van der Waals surface area (Å²) in [6.07, 6.45) is 1.46. The van der Waals surface area contributed by atoms with Gasteiger partial charge >= 0.3 is 0 Å². The van der Waals surface area contributed by atoms with E-state index in [-0.39, 0.29) is 11.5 Å². The molecule has 0 bridgehead atoms. The number of carbonyl (C=O) groups excluding carboxylic acids is 2. The molecular formula is C22H25BrFN3O4. The fourth-order valence-electron chi connectivity index (χ4n) is 2.70. The van der Waals surface area contributed by atoms with Gasteiger partial charge in [0.2, 0.25) is 0 Å². The molecule has 2 aromatic carbocycles. The van der Waals surface area contributed by atoms with Gasteiger partial charge in [0, 0.05) is 5.56 Å². The molecule has 2 aromatic rings. The van der Waals surface area contributed by atoms with Crippen molar-refractivity contribution in [2.45, 2.75) is 26.8 Å². The highest BCUT2D eigenvalue weighted by atomic mass is 79.9. The predicted molar refractivity (Wildman–Crippen MR) is 120 cm³/mol. The highest BCUT2D eigenvalue weighted by Gasteiger charge is 2.24. The second-order valence-electron chi connectivity index (χ2n) is 6.90. The summed E-state index contributed by atoms with van der Waals surface area (Å²) in [5, 5.41) is 6.64. The zero-order valence-corrected chi connectivity index (χ0v) is 19.3. The lowest BCUT2D eigenvalue weighted by Crippen LogP contribution is -2.48. The molecular weight excluding hydrogens is 469 g/mol. The van der Waals surface area contributed by atoms with Gasteiger partial charge in [-0.25, -0.2) is 9.82 Å². The number of nitrogens with one attached hydrogen (secondary N) is 2. The molecule has 0 aromatic heterocycles. The van der Waals surface area contributed by atoms with Crippen molar-refractivity contribution in [3.63, 3.8) is 0 Å². The molecule has 0 spiro atoms. The molecule has 0 aliphatic rings. The summed E-state index contributed by atoms with van der Waals surface area (Å²) in [6.45, 7) is 5.95. The van der Waals surface area contributed by atoms with Crippen LogP contribution in [-0.2, 0) is 4.79 Å². The Kier molecular flexibility index (Phi) is 8.99. The van der Waals surface area contributed by atoms with E-state index in [1.807, 2.05) is 6.92 Å². The van der Waals surface area contributed by atoms with Crippen molar-refractivity contribution >= 4 is 34.0 Å². The van der Waals surface area contributed by atoms with Gasteiger partial charge in [-0.3, -0.25) is 9.59 Å². The Bertz CT molecular complexity index is 949. The van der Waals surface area contributed by atoms with Gasteiger partial charge in [0.15, 0.2) is 11.5 Å². The molecule has 1 atom stereocenters. The quantitative estimate of drug-likeness (QED) is 0.409. The van der Waals surface area contributed by atoms with E-state index in [4.69, 9.17) is 9.47 Å². The van der Waals surface area contributed by atoms with Gasteiger partial charge < -0.3 is 14.8 Å². The SMILES string of the molecule is CCOc1c(Br)cc(C=NNC(=O)C(NC(=O)c2ccc(F)cc2)C(C)C)cc1OC. The predicted octanol–water partition coefficient (Wildman–Crippen LogP) is 3.90. The lowest BCUT2D eigenvalue weighted by Gasteiger charge is -2.20. The van der Waals surface area contributed by atoms with Crippen LogP contribution in [0.1, 0.15) is 36.7 Å². The van der Waals surface area contributed by atoms with Crippen molar-refractivity contribution in [1.82, 2.24) is 10.7 Å². The van der Waals surface area contributed by atoms with Crippen LogP contribution >= 0.6 is 15.9 Å². The summed E-state index contributed by atoms with van der Waals surface area (Å²) in [4.78, 5) is 25.0. The van der Waals surface area contributed by atoms with Crippen molar-refractivity contribution < 1.29 is 23.5 Å². The van der Waals surface area contributed by atoms with Crippen LogP contribution in [-0.4, -0.2) is 37.8 Å².